The van der Waals surface area contributed by atoms with Gasteiger partial charge in [0.05, 0.1) is 24.2 Å². The fraction of sp³-hybridized carbons (Fsp3) is 0.360. The van der Waals surface area contributed by atoms with Gasteiger partial charge in [-0.15, -0.1) is 0 Å². The minimum Gasteiger partial charge on any atom is -0.496 e. The second-order valence-corrected chi connectivity index (χ2v) is 16.4. The fourth-order valence-corrected chi connectivity index (χ4v) is 8.43. The summed E-state index contributed by atoms with van der Waals surface area (Å²) in [4.78, 5) is 65.4. The summed E-state index contributed by atoms with van der Waals surface area (Å²) in [6.07, 6.45) is 12.3. The topological polar surface area (TPSA) is 142 Å². The first-order valence-electron chi connectivity index (χ1n) is 21.7. The average Bonchev–Trinajstić information content (AvgIpc) is 3.81. The number of amides is 4. The van der Waals surface area contributed by atoms with Crippen LogP contribution in [0.25, 0.3) is 22.2 Å². The summed E-state index contributed by atoms with van der Waals surface area (Å²) in [5, 5.41) is 6.50. The summed E-state index contributed by atoms with van der Waals surface area (Å²) in [5.41, 5.74) is 7.63. The van der Waals surface area contributed by atoms with Gasteiger partial charge in [0.2, 0.25) is 17.7 Å². The van der Waals surface area contributed by atoms with Gasteiger partial charge in [0.15, 0.2) is 0 Å². The summed E-state index contributed by atoms with van der Waals surface area (Å²) in [7, 11) is 7.84. The van der Waals surface area contributed by atoms with Crippen molar-refractivity contribution in [1.82, 2.24) is 29.7 Å². The largest absolute Gasteiger partial charge is 0.496 e. The number of nitrogens with zero attached hydrogens (tertiary/aromatic N) is 6. The van der Waals surface area contributed by atoms with Crippen molar-refractivity contribution in [3.05, 3.63) is 114 Å². The summed E-state index contributed by atoms with van der Waals surface area (Å²) < 4.78 is 8.01. The molecular weight excluding hydrogens is 793 g/mol. The molecule has 1 unspecified atom stereocenters. The van der Waals surface area contributed by atoms with E-state index in [0.717, 1.165) is 103 Å². The summed E-state index contributed by atoms with van der Waals surface area (Å²) in [6, 6.07) is 19.0. The molecule has 13 nitrogen and oxygen atoms in total. The molecule has 0 bridgehead atoms. The molecule has 0 spiro atoms. The van der Waals surface area contributed by atoms with E-state index < -0.39 is 11.9 Å². The second kappa shape index (κ2) is 20.4. The van der Waals surface area contributed by atoms with Gasteiger partial charge in [0.25, 0.3) is 5.91 Å². The van der Waals surface area contributed by atoms with Gasteiger partial charge in [-0.05, 0) is 74.8 Å². The van der Waals surface area contributed by atoms with Crippen LogP contribution >= 0.6 is 0 Å². The third kappa shape index (κ3) is 10.5. The molecule has 4 heterocycles. The molecule has 3 aromatic carbocycles. The Hall–Kier alpha value is -6.78. The molecule has 13 heteroatoms. The fourth-order valence-electron chi connectivity index (χ4n) is 8.43. The maximum absolute atomic E-state index is 13.1. The lowest BCUT2D eigenvalue weighted by Gasteiger charge is -2.29. The summed E-state index contributed by atoms with van der Waals surface area (Å²) in [6.45, 7) is 6.53. The average molecular weight is 849 g/mol. The van der Waals surface area contributed by atoms with Crippen LogP contribution in [0, 0.1) is 11.8 Å². The number of aromatic nitrogens is 3. The lowest BCUT2D eigenvalue weighted by atomic mass is 10.0. The van der Waals surface area contributed by atoms with Crippen LogP contribution in [0.4, 0.5) is 11.4 Å². The number of carbonyl (C=O) groups excluding carboxylic acids is 4. The van der Waals surface area contributed by atoms with Gasteiger partial charge in [-0.25, -0.2) is 9.97 Å². The van der Waals surface area contributed by atoms with Crippen molar-refractivity contribution in [2.24, 2.45) is 7.05 Å². The summed E-state index contributed by atoms with van der Waals surface area (Å²) >= 11 is 0. The van der Waals surface area contributed by atoms with E-state index in [9.17, 15) is 19.2 Å². The Kier molecular flexibility index (Phi) is 14.3. The van der Waals surface area contributed by atoms with Gasteiger partial charge in [-0.3, -0.25) is 24.5 Å². The van der Waals surface area contributed by atoms with Gasteiger partial charge in [-0.1, -0.05) is 61.9 Å². The minimum absolute atomic E-state index is 0.182. The number of imide groups is 1. The number of rotatable bonds is 18. The highest BCUT2D eigenvalue weighted by Gasteiger charge is 2.39. The standard InChI is InChI=1S/C50H56N8O5/c1-6-47(59)53-41-29-35(30-46-51-25-24-40(52-46)39-32-57(4)42-21-14-13-19-36(39)42)45(63-5)31-44(41)56(3)28-27-55(2)26-15-11-9-7-8-10-12-17-34-18-16-20-37-38(34)33-58(50(37)62)43-22-23-48(60)54-49(43)61/h6,13-14,16,18-21,24-25,29,31-32,43H,1,7-11,15,22-23,26-28,30,33H2,2-5H3,(H,53,59)(H,54,60,61). The molecule has 1 saturated heterocycles. The van der Waals surface area contributed by atoms with Crippen molar-refractivity contribution in [2.45, 2.75) is 70.4 Å². The Labute approximate surface area is 369 Å². The monoisotopic (exact) mass is 848 g/mol. The molecule has 2 aliphatic heterocycles. The van der Waals surface area contributed by atoms with Gasteiger partial charge < -0.3 is 29.3 Å². The molecule has 1 fully saturated rings. The number of likely N-dealkylation sites (N-methyl/N-ethyl adjacent to an activating group) is 2. The van der Waals surface area contributed by atoms with Crippen LogP contribution in [0.3, 0.4) is 0 Å². The smallest absolute Gasteiger partial charge is 0.255 e. The molecule has 0 aliphatic carbocycles. The Morgan fingerprint density at radius 1 is 1.00 bits per heavy atom. The Morgan fingerprint density at radius 2 is 1.81 bits per heavy atom. The Balaban J connectivity index is 0.873. The highest BCUT2D eigenvalue weighted by molar-refractivity contribution is 6.06. The zero-order valence-electron chi connectivity index (χ0n) is 36.7. The van der Waals surface area contributed by atoms with E-state index in [1.54, 1.807) is 24.3 Å². The third-order valence-electron chi connectivity index (χ3n) is 11.9. The van der Waals surface area contributed by atoms with E-state index in [1.807, 2.05) is 56.6 Å². The number of carbonyl (C=O) groups is 4. The molecule has 326 valence electrons. The molecular formula is C50H56N8O5. The predicted molar refractivity (Wildman–Crippen MR) is 246 cm³/mol. The number of hydrogen-bond donors (Lipinski definition) is 2. The molecule has 7 rings (SSSR count). The van der Waals surface area contributed by atoms with E-state index >= 15 is 0 Å². The van der Waals surface area contributed by atoms with Gasteiger partial charge >= 0.3 is 0 Å². The number of benzene rings is 3. The van der Waals surface area contributed by atoms with Crippen molar-refractivity contribution < 1.29 is 23.9 Å². The SMILES string of the molecule is C=CC(=O)Nc1cc(Cc2nccc(-c3cn(C)c4ccccc34)n2)c(OC)cc1N(C)CCN(C)CCCCCCCC#Cc1cccc2c1CN(C1CCC(=O)NC1=O)C2=O. The lowest BCUT2D eigenvalue weighted by Crippen LogP contribution is -2.52. The van der Waals surface area contributed by atoms with Crippen LogP contribution in [0.1, 0.15) is 84.2 Å². The predicted octanol–water partition coefficient (Wildman–Crippen LogP) is 6.88. The second-order valence-electron chi connectivity index (χ2n) is 16.4. The molecule has 2 aromatic heterocycles. The molecule has 5 aromatic rings. The first-order valence-corrected chi connectivity index (χ1v) is 21.7. The Bertz CT molecular complexity index is 2590. The number of piperidine rings is 1. The van der Waals surface area contributed by atoms with Gasteiger partial charge in [0, 0.05) is 105 Å². The number of nitrogens with one attached hydrogen (secondary N) is 2. The molecule has 4 amide bonds. The molecule has 1 atom stereocenters. The van der Waals surface area contributed by atoms with Gasteiger partial charge in [-0.2, -0.15) is 0 Å². The van der Waals surface area contributed by atoms with Crippen LogP contribution in [0.2, 0.25) is 0 Å². The van der Waals surface area contributed by atoms with E-state index in [0.29, 0.717) is 42.2 Å². The van der Waals surface area contributed by atoms with Crippen LogP contribution in [-0.2, 0) is 34.4 Å². The van der Waals surface area contributed by atoms with E-state index in [4.69, 9.17) is 9.72 Å². The first kappa shape index (κ1) is 44.3. The number of hydrogen-bond acceptors (Lipinski definition) is 9. The minimum atomic E-state index is -0.635. The number of aryl methyl sites for hydroxylation is 1. The molecule has 63 heavy (non-hydrogen) atoms. The Morgan fingerprint density at radius 3 is 2.62 bits per heavy atom. The van der Waals surface area contributed by atoms with E-state index in [2.05, 4.69) is 73.8 Å². The molecule has 0 saturated carbocycles. The van der Waals surface area contributed by atoms with E-state index in [1.165, 1.54) is 6.08 Å². The zero-order valence-corrected chi connectivity index (χ0v) is 36.7. The maximum atomic E-state index is 13.1. The first-order chi connectivity index (χ1) is 30.5. The normalized spacial score (nSPS) is 14.7. The molecule has 0 radical (unpaired) electrons. The van der Waals surface area contributed by atoms with E-state index in [-0.39, 0.29) is 24.1 Å². The number of anilines is 2. The maximum Gasteiger partial charge on any atom is 0.255 e. The van der Waals surface area contributed by atoms with Crippen LogP contribution in [-0.4, -0.2) is 94.8 Å². The van der Waals surface area contributed by atoms with Crippen LogP contribution < -0.4 is 20.3 Å². The van der Waals surface area contributed by atoms with Crippen molar-refractivity contribution in [2.75, 3.05) is 51.1 Å². The number of methoxy groups -OCH3 is 1. The van der Waals surface area contributed by atoms with Crippen molar-refractivity contribution in [1.29, 1.82) is 0 Å². The van der Waals surface area contributed by atoms with Crippen molar-refractivity contribution in [3.63, 3.8) is 0 Å². The van der Waals surface area contributed by atoms with Crippen LogP contribution in [0.15, 0.2) is 85.7 Å². The lowest BCUT2D eigenvalue weighted by molar-refractivity contribution is -0.137. The third-order valence-corrected chi connectivity index (χ3v) is 11.9. The zero-order chi connectivity index (χ0) is 44.5. The van der Waals surface area contributed by atoms with Crippen molar-refractivity contribution in [3.8, 4) is 28.8 Å². The van der Waals surface area contributed by atoms with Crippen molar-refractivity contribution >= 4 is 45.9 Å². The highest BCUT2D eigenvalue weighted by atomic mass is 16.5. The number of unbranched alkanes of at least 4 members (excludes halogenated alkanes) is 5. The van der Waals surface area contributed by atoms with Crippen LogP contribution in [0.5, 0.6) is 5.75 Å². The number of ether oxygens (including phenoxy) is 1. The highest BCUT2D eigenvalue weighted by Crippen LogP contribution is 2.36. The molecule has 2 N–H and O–H groups in total. The summed E-state index contributed by atoms with van der Waals surface area (Å²) in [5.74, 6) is 6.72. The number of para-hydroxylation sites is 1. The van der Waals surface area contributed by atoms with Gasteiger partial charge in [0.1, 0.15) is 17.6 Å². The molecule has 2 aliphatic rings. The number of fused-ring (bicyclic) bond motifs is 2. The quantitative estimate of drug-likeness (QED) is 0.0418.